The van der Waals surface area contributed by atoms with Crippen molar-refractivity contribution in [3.63, 3.8) is 0 Å². The van der Waals surface area contributed by atoms with E-state index in [4.69, 9.17) is 13.9 Å². The lowest BCUT2D eigenvalue weighted by Crippen LogP contribution is -2.44. The molecule has 238 valence electrons. The minimum Gasteiger partial charge on any atom is -0.489 e. The molecule has 0 heterocycles. The zero-order valence-electron chi connectivity index (χ0n) is 26.8. The topological polar surface area (TPSA) is 48.0 Å². The van der Waals surface area contributed by atoms with E-state index in [1.54, 1.807) is 39.0 Å². The van der Waals surface area contributed by atoms with Crippen LogP contribution in [0.4, 0.5) is 22.4 Å². The smallest absolute Gasteiger partial charge is 0.419 e. The fraction of sp³-hybridized carbons (Fsp3) is 0.545. The van der Waals surface area contributed by atoms with E-state index in [0.29, 0.717) is 29.9 Å². The predicted octanol–water partition coefficient (Wildman–Crippen LogP) is 9.33. The molecule has 5 nitrogen and oxygen atoms in total. The van der Waals surface area contributed by atoms with Crippen molar-refractivity contribution in [2.45, 2.75) is 104 Å². The Hall–Kier alpha value is -3.03. The molecule has 43 heavy (non-hydrogen) atoms. The van der Waals surface area contributed by atoms with Crippen molar-refractivity contribution in [3.8, 4) is 17.6 Å². The molecule has 0 bridgehead atoms. The highest BCUT2D eigenvalue weighted by molar-refractivity contribution is 6.74. The molecule has 0 atom stereocenters. The van der Waals surface area contributed by atoms with Crippen molar-refractivity contribution in [2.75, 3.05) is 13.2 Å². The summed E-state index contributed by atoms with van der Waals surface area (Å²) >= 11 is 0. The van der Waals surface area contributed by atoms with Crippen molar-refractivity contribution in [1.82, 2.24) is 4.90 Å². The second-order valence-corrected chi connectivity index (χ2v) is 17.8. The number of benzene rings is 2. The van der Waals surface area contributed by atoms with Gasteiger partial charge in [0.1, 0.15) is 23.8 Å². The summed E-state index contributed by atoms with van der Waals surface area (Å²) in [5, 5.41) is -0.0113. The first-order valence-electron chi connectivity index (χ1n) is 14.5. The minimum atomic E-state index is -4.83. The number of hydrogen-bond donors (Lipinski definition) is 0. The lowest BCUT2D eigenvalue weighted by Gasteiger charge is -2.37. The van der Waals surface area contributed by atoms with Gasteiger partial charge in [0.2, 0.25) is 0 Å². The third-order valence-electron chi connectivity index (χ3n) is 7.04. The first-order valence-corrected chi connectivity index (χ1v) is 17.4. The molecule has 0 unspecified atom stereocenters. The molecule has 0 aromatic heterocycles. The summed E-state index contributed by atoms with van der Waals surface area (Å²) in [5.74, 6) is 5.22. The Labute approximate surface area is 255 Å². The number of ether oxygens (including phenoxy) is 2. The summed E-state index contributed by atoms with van der Waals surface area (Å²) in [4.78, 5) is 14.8. The van der Waals surface area contributed by atoms with Crippen LogP contribution in [0.5, 0.6) is 5.75 Å². The molecule has 2 rings (SSSR count). The van der Waals surface area contributed by atoms with Gasteiger partial charge in [0.15, 0.2) is 8.32 Å². The Morgan fingerprint density at radius 1 is 1.00 bits per heavy atom. The van der Waals surface area contributed by atoms with Crippen molar-refractivity contribution >= 4 is 14.4 Å². The molecular weight excluding hydrogens is 578 g/mol. The molecule has 0 N–H and O–H groups in total. The molecule has 0 aliphatic heterocycles. The van der Waals surface area contributed by atoms with E-state index in [9.17, 15) is 22.4 Å². The SMILES string of the molecule is CCCC#Cc1ccc(OCc2ccc(F)c(C(F)(F)F)c2)c(CN(CCO[Si](C)(C)C(C)(C)C)C(=O)OC(C)(C)C)c1. The summed E-state index contributed by atoms with van der Waals surface area (Å²) < 4.78 is 71.5. The Morgan fingerprint density at radius 3 is 2.26 bits per heavy atom. The maximum absolute atomic E-state index is 13.8. The molecule has 2 aromatic carbocycles. The number of hydrogen-bond acceptors (Lipinski definition) is 4. The van der Waals surface area contributed by atoms with Crippen LogP contribution in [0.3, 0.4) is 0 Å². The van der Waals surface area contributed by atoms with Gasteiger partial charge in [-0.2, -0.15) is 13.2 Å². The molecule has 10 heteroatoms. The molecular formula is C33H45F4NO4Si. The van der Waals surface area contributed by atoms with Crippen LogP contribution < -0.4 is 4.74 Å². The Bertz CT molecular complexity index is 1300. The number of halogens is 4. The normalized spacial score (nSPS) is 12.4. The van der Waals surface area contributed by atoms with E-state index >= 15 is 0 Å². The number of amides is 1. The maximum atomic E-state index is 13.8. The average molecular weight is 624 g/mol. The van der Waals surface area contributed by atoms with Gasteiger partial charge in [-0.15, -0.1) is 0 Å². The minimum absolute atomic E-state index is 0.0113. The van der Waals surface area contributed by atoms with Gasteiger partial charge in [-0.3, -0.25) is 0 Å². The second-order valence-electron chi connectivity index (χ2n) is 13.0. The maximum Gasteiger partial charge on any atom is 0.419 e. The lowest BCUT2D eigenvalue weighted by molar-refractivity contribution is -0.140. The van der Waals surface area contributed by atoms with Crippen LogP contribution in [-0.4, -0.2) is 38.1 Å². The zero-order valence-corrected chi connectivity index (χ0v) is 27.8. The van der Waals surface area contributed by atoms with Gasteiger partial charge in [-0.25, -0.2) is 9.18 Å². The molecule has 1 amide bonds. The number of unbranched alkanes of at least 4 members (excludes halogenated alkanes) is 1. The number of carbonyl (C=O) groups excluding carboxylic acids is 1. The summed E-state index contributed by atoms with van der Waals surface area (Å²) in [7, 11) is -2.08. The molecule has 0 aliphatic carbocycles. The van der Waals surface area contributed by atoms with Gasteiger partial charge in [0.25, 0.3) is 0 Å². The molecule has 0 radical (unpaired) electrons. The predicted molar refractivity (Wildman–Crippen MR) is 164 cm³/mol. The van der Waals surface area contributed by atoms with Crippen molar-refractivity contribution in [2.24, 2.45) is 0 Å². The molecule has 0 fully saturated rings. The molecule has 0 aliphatic rings. The van der Waals surface area contributed by atoms with Crippen LogP contribution in [0.15, 0.2) is 36.4 Å². The summed E-state index contributed by atoms with van der Waals surface area (Å²) in [5.41, 5.74) is -0.633. The number of rotatable bonds is 10. The summed E-state index contributed by atoms with van der Waals surface area (Å²) in [6.45, 7) is 18.5. The molecule has 0 spiro atoms. The van der Waals surface area contributed by atoms with Gasteiger partial charge in [-0.05, 0) is 81.2 Å². The van der Waals surface area contributed by atoms with E-state index < -0.39 is 37.6 Å². The van der Waals surface area contributed by atoms with E-state index in [2.05, 4.69) is 45.7 Å². The zero-order chi connectivity index (χ0) is 32.6. The van der Waals surface area contributed by atoms with Gasteiger partial charge < -0.3 is 18.8 Å². The number of carbonyl (C=O) groups is 1. The third-order valence-corrected chi connectivity index (χ3v) is 11.6. The fourth-order valence-corrected chi connectivity index (χ4v) is 4.68. The molecule has 0 saturated carbocycles. The standard InChI is InChI=1S/C33H45F4NO4Si/c1-10-11-12-13-24-15-17-29(40-23-25-14-16-28(34)27(21-25)33(35,36)37)26(20-24)22-38(30(39)42-31(2,3)4)18-19-41-43(8,9)32(5,6)7/h14-17,20-21H,10-11,18-19,22-23H2,1-9H3. The lowest BCUT2D eigenvalue weighted by atomic mass is 10.1. The Morgan fingerprint density at radius 2 is 1.67 bits per heavy atom. The monoisotopic (exact) mass is 623 g/mol. The first kappa shape index (κ1) is 36.2. The van der Waals surface area contributed by atoms with E-state index in [-0.39, 0.29) is 30.3 Å². The van der Waals surface area contributed by atoms with E-state index in [1.807, 2.05) is 6.92 Å². The van der Waals surface area contributed by atoms with Crippen LogP contribution in [0.25, 0.3) is 0 Å². The molecule has 0 saturated heterocycles. The van der Waals surface area contributed by atoms with E-state index in [1.165, 1.54) is 11.0 Å². The van der Waals surface area contributed by atoms with Crippen molar-refractivity contribution in [1.29, 1.82) is 0 Å². The quantitative estimate of drug-likeness (QED) is 0.150. The highest BCUT2D eigenvalue weighted by atomic mass is 28.4. The van der Waals surface area contributed by atoms with Crippen LogP contribution in [0.1, 0.15) is 83.6 Å². The fourth-order valence-electron chi connectivity index (χ4n) is 3.65. The van der Waals surface area contributed by atoms with Gasteiger partial charge >= 0.3 is 12.3 Å². The highest BCUT2D eigenvalue weighted by Gasteiger charge is 2.37. The average Bonchev–Trinajstić information content (AvgIpc) is 2.86. The van der Waals surface area contributed by atoms with Gasteiger partial charge in [0, 0.05) is 24.1 Å². The number of nitrogens with zero attached hydrogens (tertiary/aromatic N) is 1. The van der Waals surface area contributed by atoms with Crippen LogP contribution >= 0.6 is 0 Å². The van der Waals surface area contributed by atoms with Gasteiger partial charge in [-0.1, -0.05) is 45.6 Å². The Kier molecular flexibility index (Phi) is 12.3. The van der Waals surface area contributed by atoms with Crippen molar-refractivity contribution in [3.05, 3.63) is 64.5 Å². The second kappa shape index (κ2) is 14.6. The first-order chi connectivity index (χ1) is 19.7. The summed E-state index contributed by atoms with van der Waals surface area (Å²) in [6, 6.07) is 8.01. The number of alkyl halides is 3. The molecule has 2 aromatic rings. The van der Waals surface area contributed by atoms with Gasteiger partial charge in [0.05, 0.1) is 18.7 Å². The van der Waals surface area contributed by atoms with E-state index in [0.717, 1.165) is 18.6 Å². The van der Waals surface area contributed by atoms with Crippen LogP contribution in [-0.2, 0) is 28.5 Å². The third kappa shape index (κ3) is 11.5. The van der Waals surface area contributed by atoms with Crippen LogP contribution in [0.2, 0.25) is 18.1 Å². The highest BCUT2D eigenvalue weighted by Crippen LogP contribution is 2.36. The largest absolute Gasteiger partial charge is 0.489 e. The summed E-state index contributed by atoms with van der Waals surface area (Å²) in [6.07, 6.45) is -3.74. The van der Waals surface area contributed by atoms with Crippen LogP contribution in [0, 0.1) is 17.7 Å². The van der Waals surface area contributed by atoms with Crippen molar-refractivity contribution < 1.29 is 36.3 Å². The Balaban J connectivity index is 2.41.